The molecule has 2 unspecified atom stereocenters. The van der Waals surface area contributed by atoms with E-state index in [9.17, 15) is 4.79 Å². The number of hydrogen-bond acceptors (Lipinski definition) is 2. The Bertz CT molecular complexity index is 423. The molecule has 2 bridgehead atoms. The molecule has 0 aromatic carbocycles. The zero-order valence-corrected chi connectivity index (χ0v) is 13.8. The Morgan fingerprint density at radius 3 is 2.48 bits per heavy atom. The molecular formula is C18H30N2O. The predicted molar refractivity (Wildman–Crippen MR) is 86.0 cm³/mol. The van der Waals surface area contributed by atoms with Gasteiger partial charge in [-0.25, -0.2) is 0 Å². The molecule has 2 saturated heterocycles. The van der Waals surface area contributed by atoms with E-state index in [1.54, 1.807) is 0 Å². The number of carbonyl (C=O) groups is 1. The van der Waals surface area contributed by atoms with Crippen molar-refractivity contribution >= 4 is 5.91 Å². The number of carbonyl (C=O) groups excluding carboxylic acids is 1. The van der Waals surface area contributed by atoms with Crippen LogP contribution in [0.4, 0.5) is 0 Å². The largest absolute Gasteiger partial charge is 0.339 e. The molecule has 0 radical (unpaired) electrons. The van der Waals surface area contributed by atoms with Crippen molar-refractivity contribution in [2.75, 3.05) is 13.1 Å². The van der Waals surface area contributed by atoms with E-state index in [0.29, 0.717) is 23.9 Å². The van der Waals surface area contributed by atoms with Gasteiger partial charge in [-0.05, 0) is 43.4 Å². The first-order valence-electron chi connectivity index (χ1n) is 8.65. The Kier molecular flexibility index (Phi) is 4.13. The SMILES string of the molecule is CC(C)(C)C1=CCN(C(=O)CC2CC3CCC(C2)N3)CC1. The Labute approximate surface area is 129 Å². The first-order chi connectivity index (χ1) is 9.91. The van der Waals surface area contributed by atoms with Crippen molar-refractivity contribution in [3.63, 3.8) is 0 Å². The molecule has 0 aromatic rings. The van der Waals surface area contributed by atoms with Crippen LogP contribution in [-0.4, -0.2) is 36.0 Å². The number of amides is 1. The smallest absolute Gasteiger partial charge is 0.223 e. The average Bonchev–Trinajstić information content (AvgIpc) is 2.77. The van der Waals surface area contributed by atoms with Gasteiger partial charge in [0, 0.05) is 31.6 Å². The van der Waals surface area contributed by atoms with Gasteiger partial charge in [-0.3, -0.25) is 4.79 Å². The second kappa shape index (κ2) is 5.75. The highest BCUT2D eigenvalue weighted by Crippen LogP contribution is 2.34. The number of rotatable bonds is 2. The van der Waals surface area contributed by atoms with Gasteiger partial charge >= 0.3 is 0 Å². The lowest BCUT2D eigenvalue weighted by molar-refractivity contribution is -0.132. The van der Waals surface area contributed by atoms with Gasteiger partial charge in [0.05, 0.1) is 0 Å². The zero-order chi connectivity index (χ0) is 15.0. The van der Waals surface area contributed by atoms with E-state index < -0.39 is 0 Å². The van der Waals surface area contributed by atoms with Crippen LogP contribution in [0.3, 0.4) is 0 Å². The first kappa shape index (κ1) is 15.1. The van der Waals surface area contributed by atoms with E-state index in [4.69, 9.17) is 0 Å². The van der Waals surface area contributed by atoms with Crippen molar-refractivity contribution in [3.05, 3.63) is 11.6 Å². The lowest BCUT2D eigenvalue weighted by atomic mass is 9.82. The molecule has 0 spiro atoms. The quantitative estimate of drug-likeness (QED) is 0.793. The standard InChI is InChI=1S/C18H30N2O/c1-18(2,3)14-6-8-20(9-7-14)17(21)12-13-10-15-4-5-16(11-13)19-15/h6,13,15-16,19H,4-5,7-12H2,1-3H3. The molecule has 3 nitrogen and oxygen atoms in total. The van der Waals surface area contributed by atoms with Crippen LogP contribution in [0.1, 0.15) is 59.3 Å². The van der Waals surface area contributed by atoms with Gasteiger partial charge < -0.3 is 10.2 Å². The fraction of sp³-hybridized carbons (Fsp3) is 0.833. The summed E-state index contributed by atoms with van der Waals surface area (Å²) in [6.07, 6.45) is 9.15. The maximum atomic E-state index is 12.5. The lowest BCUT2D eigenvalue weighted by Gasteiger charge is -2.34. The van der Waals surface area contributed by atoms with Crippen molar-refractivity contribution in [2.24, 2.45) is 11.3 Å². The number of nitrogens with one attached hydrogen (secondary N) is 1. The van der Waals surface area contributed by atoms with Crippen LogP contribution in [0.15, 0.2) is 11.6 Å². The Morgan fingerprint density at radius 2 is 1.95 bits per heavy atom. The second-order valence-corrected chi connectivity index (χ2v) is 8.25. The molecule has 3 heterocycles. The van der Waals surface area contributed by atoms with E-state index in [1.807, 2.05) is 0 Å². The molecule has 3 aliphatic rings. The summed E-state index contributed by atoms with van der Waals surface area (Å²) in [5.41, 5.74) is 1.76. The topological polar surface area (TPSA) is 32.3 Å². The molecule has 3 rings (SSSR count). The van der Waals surface area contributed by atoms with Gasteiger partial charge in [-0.2, -0.15) is 0 Å². The molecule has 118 valence electrons. The normalized spacial score (nSPS) is 33.0. The highest BCUT2D eigenvalue weighted by Gasteiger charge is 2.35. The van der Waals surface area contributed by atoms with Crippen molar-refractivity contribution in [3.8, 4) is 0 Å². The van der Waals surface area contributed by atoms with Crippen LogP contribution in [0.2, 0.25) is 0 Å². The zero-order valence-electron chi connectivity index (χ0n) is 13.8. The summed E-state index contributed by atoms with van der Waals surface area (Å²) in [6, 6.07) is 1.38. The minimum absolute atomic E-state index is 0.253. The number of fused-ring (bicyclic) bond motifs is 2. The van der Waals surface area contributed by atoms with Crippen LogP contribution < -0.4 is 5.32 Å². The van der Waals surface area contributed by atoms with Crippen LogP contribution in [-0.2, 0) is 4.79 Å². The summed E-state index contributed by atoms with van der Waals surface area (Å²) in [6.45, 7) is 8.53. The predicted octanol–water partition coefficient (Wildman–Crippen LogP) is 3.11. The molecule has 3 heteroatoms. The van der Waals surface area contributed by atoms with Crippen LogP contribution >= 0.6 is 0 Å². The third-order valence-corrected chi connectivity index (χ3v) is 5.56. The van der Waals surface area contributed by atoms with Crippen molar-refractivity contribution < 1.29 is 4.79 Å². The number of nitrogens with zero attached hydrogens (tertiary/aromatic N) is 1. The molecule has 21 heavy (non-hydrogen) atoms. The molecule has 1 N–H and O–H groups in total. The highest BCUT2D eigenvalue weighted by atomic mass is 16.2. The second-order valence-electron chi connectivity index (χ2n) is 8.25. The summed E-state index contributed by atoms with van der Waals surface area (Å²) in [5, 5.41) is 3.66. The molecule has 0 saturated carbocycles. The molecule has 0 aliphatic carbocycles. The molecule has 1 amide bonds. The summed E-state index contributed by atoms with van der Waals surface area (Å²) in [7, 11) is 0. The molecular weight excluding hydrogens is 260 g/mol. The average molecular weight is 290 g/mol. The van der Waals surface area contributed by atoms with Crippen molar-refractivity contribution in [1.29, 1.82) is 0 Å². The fourth-order valence-electron chi connectivity index (χ4n) is 4.29. The van der Waals surface area contributed by atoms with E-state index in [-0.39, 0.29) is 5.41 Å². The maximum absolute atomic E-state index is 12.5. The first-order valence-corrected chi connectivity index (χ1v) is 8.65. The van der Waals surface area contributed by atoms with Crippen LogP contribution in [0.5, 0.6) is 0 Å². The highest BCUT2D eigenvalue weighted by molar-refractivity contribution is 5.77. The summed E-state index contributed by atoms with van der Waals surface area (Å²) >= 11 is 0. The molecule has 2 fully saturated rings. The minimum atomic E-state index is 0.253. The Hall–Kier alpha value is -0.830. The molecule has 3 aliphatic heterocycles. The maximum Gasteiger partial charge on any atom is 0.223 e. The van der Waals surface area contributed by atoms with Gasteiger partial charge in [0.15, 0.2) is 0 Å². The van der Waals surface area contributed by atoms with E-state index in [1.165, 1.54) is 31.3 Å². The summed E-state index contributed by atoms with van der Waals surface area (Å²) < 4.78 is 0. The Balaban J connectivity index is 1.52. The van der Waals surface area contributed by atoms with Gasteiger partial charge in [-0.15, -0.1) is 0 Å². The van der Waals surface area contributed by atoms with Crippen LogP contribution in [0.25, 0.3) is 0 Å². The Morgan fingerprint density at radius 1 is 1.29 bits per heavy atom. The third kappa shape index (κ3) is 3.50. The van der Waals surface area contributed by atoms with E-state index in [2.05, 4.69) is 37.1 Å². The minimum Gasteiger partial charge on any atom is -0.339 e. The van der Waals surface area contributed by atoms with Gasteiger partial charge in [-0.1, -0.05) is 32.4 Å². The van der Waals surface area contributed by atoms with Gasteiger partial charge in [0.2, 0.25) is 5.91 Å². The van der Waals surface area contributed by atoms with Crippen molar-refractivity contribution in [1.82, 2.24) is 10.2 Å². The fourth-order valence-corrected chi connectivity index (χ4v) is 4.29. The van der Waals surface area contributed by atoms with E-state index >= 15 is 0 Å². The monoisotopic (exact) mass is 290 g/mol. The lowest BCUT2D eigenvalue weighted by Crippen LogP contribution is -2.41. The van der Waals surface area contributed by atoms with Crippen molar-refractivity contribution in [2.45, 2.75) is 71.4 Å². The molecule has 2 atom stereocenters. The van der Waals surface area contributed by atoms with E-state index in [0.717, 1.165) is 25.9 Å². The third-order valence-electron chi connectivity index (χ3n) is 5.56. The summed E-state index contributed by atoms with van der Waals surface area (Å²) in [4.78, 5) is 14.6. The summed E-state index contributed by atoms with van der Waals surface area (Å²) in [5.74, 6) is 0.995. The number of hydrogen-bond donors (Lipinski definition) is 1. The van der Waals surface area contributed by atoms with Gasteiger partial charge in [0.25, 0.3) is 0 Å². The van der Waals surface area contributed by atoms with Gasteiger partial charge in [0.1, 0.15) is 0 Å². The molecule has 0 aromatic heterocycles. The number of piperidine rings is 1. The van der Waals surface area contributed by atoms with Crippen LogP contribution in [0, 0.1) is 11.3 Å².